The van der Waals surface area contributed by atoms with E-state index in [4.69, 9.17) is 0 Å². The van der Waals surface area contributed by atoms with E-state index in [-0.39, 0.29) is 5.25 Å². The fourth-order valence-electron chi connectivity index (χ4n) is 6.62. The number of allylic oxidation sites excluding steroid dienone is 16. The molecule has 1 aliphatic heterocycles. The van der Waals surface area contributed by atoms with Crippen LogP contribution in [0, 0.1) is 0 Å². The van der Waals surface area contributed by atoms with Crippen molar-refractivity contribution in [3.8, 4) is 11.1 Å². The lowest BCUT2D eigenvalue weighted by Crippen LogP contribution is -2.08. The van der Waals surface area contributed by atoms with Crippen LogP contribution in [0.25, 0.3) is 50.4 Å². The monoisotopic (exact) mass is 710 g/mol. The average Bonchev–Trinajstić information content (AvgIpc) is 3.21. The van der Waals surface area contributed by atoms with E-state index in [0.717, 1.165) is 0 Å². The van der Waals surface area contributed by atoms with Gasteiger partial charge in [-0.15, -0.1) is 11.8 Å². The summed E-state index contributed by atoms with van der Waals surface area (Å²) in [5.41, 5.74) is 11.9. The Labute approximate surface area is 323 Å². The number of fused-ring (bicyclic) bond motifs is 3. The second-order valence-corrected chi connectivity index (χ2v) is 13.6. The van der Waals surface area contributed by atoms with Crippen LogP contribution in [0.15, 0.2) is 193 Å². The maximum atomic E-state index is 4.23. The third kappa shape index (κ3) is 9.36. The summed E-state index contributed by atoms with van der Waals surface area (Å²) in [6, 6.07) is 24.4. The van der Waals surface area contributed by atoms with Crippen LogP contribution in [-0.2, 0) is 0 Å². The Morgan fingerprint density at radius 1 is 0.717 bits per heavy atom. The molecule has 5 rings (SSSR count). The number of rotatable bonds is 12. The molecule has 0 saturated heterocycles. The maximum absolute atomic E-state index is 4.23. The predicted molar refractivity (Wildman–Crippen MR) is 244 cm³/mol. The van der Waals surface area contributed by atoms with Crippen molar-refractivity contribution in [1.29, 1.82) is 0 Å². The van der Waals surface area contributed by atoms with Crippen LogP contribution >= 0.6 is 11.8 Å². The second-order valence-electron chi connectivity index (χ2n) is 12.4. The van der Waals surface area contributed by atoms with E-state index in [2.05, 4.69) is 181 Å². The zero-order valence-corrected chi connectivity index (χ0v) is 33.4. The molecular weight excluding hydrogens is 657 g/mol. The van der Waals surface area contributed by atoms with Crippen LogP contribution in [0.5, 0.6) is 0 Å². The van der Waals surface area contributed by atoms with E-state index < -0.39 is 0 Å². The average molecular weight is 711 g/mol. The van der Waals surface area contributed by atoms with E-state index in [1.165, 1.54) is 82.1 Å². The van der Waals surface area contributed by atoms with Crippen LogP contribution < -0.4 is 0 Å². The fourth-order valence-corrected chi connectivity index (χ4v) is 7.93. The van der Waals surface area contributed by atoms with Crippen LogP contribution in [0.1, 0.15) is 65.2 Å². The number of hydrogen-bond donors (Lipinski definition) is 0. The highest BCUT2D eigenvalue weighted by Gasteiger charge is 2.21. The van der Waals surface area contributed by atoms with Crippen molar-refractivity contribution in [2.24, 2.45) is 0 Å². The van der Waals surface area contributed by atoms with Crippen LogP contribution in [0.2, 0.25) is 0 Å². The van der Waals surface area contributed by atoms with Gasteiger partial charge < -0.3 is 0 Å². The molecule has 0 aliphatic carbocycles. The minimum absolute atomic E-state index is 0.139. The number of hydrogen-bond acceptors (Lipinski definition) is 1. The van der Waals surface area contributed by atoms with Crippen molar-refractivity contribution in [1.82, 2.24) is 0 Å². The summed E-state index contributed by atoms with van der Waals surface area (Å²) in [6.07, 6.45) is 31.9. The van der Waals surface area contributed by atoms with Gasteiger partial charge in [-0.2, -0.15) is 0 Å². The lowest BCUT2D eigenvalue weighted by molar-refractivity contribution is 1.25. The molecule has 4 aromatic rings. The third-order valence-electron chi connectivity index (χ3n) is 9.24. The Morgan fingerprint density at radius 2 is 1.43 bits per heavy atom. The normalized spacial score (nSPS) is 15.9. The molecule has 1 heteroatoms. The molecule has 1 heterocycles. The van der Waals surface area contributed by atoms with Crippen molar-refractivity contribution < 1.29 is 0 Å². The second kappa shape index (κ2) is 20.0. The smallest absolute Gasteiger partial charge is 0.0533 e. The molecule has 1 atom stereocenters. The Morgan fingerprint density at radius 3 is 2.09 bits per heavy atom. The molecule has 0 fully saturated rings. The van der Waals surface area contributed by atoms with E-state index >= 15 is 0 Å². The first-order valence-electron chi connectivity index (χ1n) is 18.6. The molecule has 0 amide bonds. The maximum Gasteiger partial charge on any atom is 0.0533 e. The molecule has 0 spiro atoms. The number of thioether (sulfide) groups is 1. The van der Waals surface area contributed by atoms with E-state index in [9.17, 15) is 0 Å². The number of benzene rings is 4. The van der Waals surface area contributed by atoms with Crippen molar-refractivity contribution in [3.63, 3.8) is 0 Å². The third-order valence-corrected chi connectivity index (χ3v) is 10.5. The van der Waals surface area contributed by atoms with Crippen LogP contribution in [0.4, 0.5) is 0 Å². The van der Waals surface area contributed by atoms with Crippen molar-refractivity contribution in [3.05, 3.63) is 209 Å². The van der Waals surface area contributed by atoms with Gasteiger partial charge in [-0.25, -0.2) is 0 Å². The van der Waals surface area contributed by atoms with Gasteiger partial charge in [0.05, 0.1) is 5.25 Å². The highest BCUT2D eigenvalue weighted by Crippen LogP contribution is 2.41. The molecule has 1 unspecified atom stereocenters. The van der Waals surface area contributed by atoms with Gasteiger partial charge in [0.25, 0.3) is 0 Å². The van der Waals surface area contributed by atoms with Gasteiger partial charge in [-0.1, -0.05) is 173 Å². The first kappa shape index (κ1) is 40.4. The molecular formula is C52H54S. The van der Waals surface area contributed by atoms with Crippen molar-refractivity contribution in [2.75, 3.05) is 0 Å². The van der Waals surface area contributed by atoms with Gasteiger partial charge in [0, 0.05) is 4.91 Å². The summed E-state index contributed by atoms with van der Waals surface area (Å²) >= 11 is 1.85. The Balaban J connectivity index is 0.00000308. The Kier molecular flexibility index (Phi) is 15.3. The molecule has 1 aliphatic rings. The van der Waals surface area contributed by atoms with Crippen LogP contribution in [-0.4, -0.2) is 5.25 Å². The molecule has 0 N–H and O–H groups in total. The minimum Gasteiger partial charge on any atom is -0.113 e. The summed E-state index contributed by atoms with van der Waals surface area (Å²) in [6.45, 7) is 26.8. The Hall–Kier alpha value is -5.37. The molecule has 0 nitrogen and oxygen atoms in total. The molecule has 0 bridgehead atoms. The fraction of sp³-hybridized carbons (Fsp3) is 0.154. The summed E-state index contributed by atoms with van der Waals surface area (Å²) in [4.78, 5) is 1.23. The molecule has 0 radical (unpaired) electrons. The van der Waals surface area contributed by atoms with Crippen molar-refractivity contribution >= 4 is 51.0 Å². The van der Waals surface area contributed by atoms with Gasteiger partial charge in [-0.3, -0.25) is 0 Å². The summed E-state index contributed by atoms with van der Waals surface area (Å²) < 4.78 is 0. The highest BCUT2D eigenvalue weighted by molar-refractivity contribution is 8.04. The summed E-state index contributed by atoms with van der Waals surface area (Å²) in [7, 11) is 0. The molecule has 0 aromatic heterocycles. The predicted octanol–water partition coefficient (Wildman–Crippen LogP) is 16.0. The van der Waals surface area contributed by atoms with Gasteiger partial charge in [0.15, 0.2) is 0 Å². The molecule has 0 saturated carbocycles. The first-order chi connectivity index (χ1) is 25.9. The van der Waals surface area contributed by atoms with Gasteiger partial charge in [0.1, 0.15) is 0 Å². The Bertz CT molecular complexity index is 2260. The zero-order chi connectivity index (χ0) is 38.3. The highest BCUT2D eigenvalue weighted by atomic mass is 32.2. The lowest BCUT2D eigenvalue weighted by atomic mass is 9.89. The zero-order valence-electron chi connectivity index (χ0n) is 32.6. The van der Waals surface area contributed by atoms with Gasteiger partial charge in [-0.05, 0) is 130 Å². The van der Waals surface area contributed by atoms with Gasteiger partial charge >= 0.3 is 0 Å². The SMILES string of the molecule is C=C/C=C\C(=C/C)C1=CC(/C(C)=C/C(=C\C)c2cccc(-c3ccc4c(c3)c(C=C)c(/C=C\C)c3ccccc34)c2)=CC(/C(C=C)=C/C=C\C)S1.CC. The van der Waals surface area contributed by atoms with E-state index in [0.29, 0.717) is 0 Å². The molecule has 4 aromatic carbocycles. The largest absolute Gasteiger partial charge is 0.113 e. The first-order valence-corrected chi connectivity index (χ1v) is 19.5. The van der Waals surface area contributed by atoms with Crippen molar-refractivity contribution in [2.45, 2.75) is 53.7 Å². The quantitative estimate of drug-likeness (QED) is 0.104. The van der Waals surface area contributed by atoms with Crippen LogP contribution in [0.3, 0.4) is 0 Å². The molecule has 53 heavy (non-hydrogen) atoms. The summed E-state index contributed by atoms with van der Waals surface area (Å²) in [5.74, 6) is 0. The summed E-state index contributed by atoms with van der Waals surface area (Å²) in [5, 5.41) is 5.10. The minimum atomic E-state index is 0.139. The van der Waals surface area contributed by atoms with E-state index in [1.54, 1.807) is 0 Å². The molecule has 268 valence electrons. The van der Waals surface area contributed by atoms with E-state index in [1.807, 2.05) is 56.8 Å². The van der Waals surface area contributed by atoms with Gasteiger partial charge in [0.2, 0.25) is 0 Å². The lowest BCUT2D eigenvalue weighted by Gasteiger charge is -2.24. The topological polar surface area (TPSA) is 0 Å². The standard InChI is InChI=1S/C50H48S.C2H6/c1-9-16-22-36(12-4)49-33-42(34-50(51-49)37(13-5)23-17-10-2)35(8)30-38(14-6)39-24-20-25-40(31-39)41-28-29-47-46-27-19-18-26-45(46)44(21-11-3)43(15-7)48(47)32-41;1-2/h9-34,50H,1,5,7H2,2-4,6,8H3;1-2H3/b17-10-,21-11-,22-16-,35-30+,36-12+,37-23+,38-14+;.